The maximum atomic E-state index is 13.4. The minimum Gasteiger partial charge on any atom is -0.480 e. The molecular weight excluding hydrogens is 548 g/mol. The number of aliphatic carboxylic acids is 1. The van der Waals surface area contributed by atoms with Crippen LogP contribution in [0.3, 0.4) is 0 Å². The van der Waals surface area contributed by atoms with E-state index < -0.39 is 53.8 Å². The molecule has 0 saturated carbocycles. The van der Waals surface area contributed by atoms with Gasteiger partial charge < -0.3 is 49.0 Å². The first-order chi connectivity index (χ1) is 20.0. The average Bonchev–Trinajstić information content (AvgIpc) is 3.45. The summed E-state index contributed by atoms with van der Waals surface area (Å²) in [4.78, 5) is 73.2. The van der Waals surface area contributed by atoms with Crippen molar-refractivity contribution in [3.05, 3.63) is 54.1 Å². The number of benzene rings is 1. The molecule has 0 bridgehead atoms. The van der Waals surface area contributed by atoms with Crippen molar-refractivity contribution in [3.63, 3.8) is 0 Å². The number of aliphatic imine (C=N–C) groups is 1. The molecule has 13 N–H and O–H groups in total. The highest BCUT2D eigenvalue weighted by Gasteiger charge is 2.31. The normalized spacial score (nSPS) is 13.5. The Morgan fingerprint density at radius 3 is 2.12 bits per heavy atom. The number of H-pyrrole nitrogens is 1. The van der Waals surface area contributed by atoms with Crippen LogP contribution in [0.2, 0.25) is 0 Å². The molecule has 0 radical (unpaired) electrons. The lowest BCUT2D eigenvalue weighted by Gasteiger charge is -2.25. The second-order valence-corrected chi connectivity index (χ2v) is 9.55. The lowest BCUT2D eigenvalue weighted by atomic mass is 10.0. The van der Waals surface area contributed by atoms with Crippen molar-refractivity contribution in [2.75, 3.05) is 6.54 Å². The molecule has 2 aromatic rings. The van der Waals surface area contributed by atoms with Crippen molar-refractivity contribution in [2.24, 2.45) is 27.9 Å². The number of nitrogens with two attached hydrogens (primary N) is 4. The Bertz CT molecular complexity index is 1220. The quantitative estimate of drug-likeness (QED) is 0.0498. The standard InChI is InChI=1S/C26H38N10O6/c27-17(11-15-5-2-1-3-6-15)22(38)36-20(12-16-13-31-14-33-16)24(40)34-18(8-9-21(28)37)23(39)35-19(25(41)42)7-4-10-32-26(29)30/h1-3,5-6,13-14,17-20H,4,7-12,27H2,(H2,28,37)(H,31,33)(H,34,40)(H,35,39)(H,36,38)(H,41,42)(H4,29,30,32). The van der Waals surface area contributed by atoms with E-state index in [2.05, 4.69) is 30.9 Å². The molecule has 1 heterocycles. The van der Waals surface area contributed by atoms with Gasteiger partial charge in [0.05, 0.1) is 12.4 Å². The molecular formula is C26H38N10O6. The van der Waals surface area contributed by atoms with E-state index in [4.69, 9.17) is 22.9 Å². The first kappa shape index (κ1) is 33.2. The van der Waals surface area contributed by atoms with Crippen molar-refractivity contribution < 1.29 is 29.1 Å². The molecule has 4 atom stereocenters. The second-order valence-electron chi connectivity index (χ2n) is 9.55. The monoisotopic (exact) mass is 586 g/mol. The highest BCUT2D eigenvalue weighted by atomic mass is 16.4. The topological polar surface area (TPSA) is 287 Å². The number of carbonyl (C=O) groups excluding carboxylic acids is 4. The largest absolute Gasteiger partial charge is 0.480 e. The molecule has 16 heteroatoms. The van der Waals surface area contributed by atoms with Crippen LogP contribution >= 0.6 is 0 Å². The fraction of sp³-hybridized carbons (Fsp3) is 0.423. The Hall–Kier alpha value is -4.99. The number of guanidine groups is 1. The third-order valence-corrected chi connectivity index (χ3v) is 6.12. The van der Waals surface area contributed by atoms with Crippen molar-refractivity contribution in [2.45, 2.75) is 62.7 Å². The summed E-state index contributed by atoms with van der Waals surface area (Å²) >= 11 is 0. The minimum atomic E-state index is -1.34. The number of primary amides is 1. The fourth-order valence-electron chi connectivity index (χ4n) is 3.93. The summed E-state index contributed by atoms with van der Waals surface area (Å²) in [5.41, 5.74) is 23.2. The van der Waals surface area contributed by atoms with E-state index in [-0.39, 0.29) is 51.0 Å². The molecule has 4 unspecified atom stereocenters. The van der Waals surface area contributed by atoms with E-state index in [1.54, 1.807) is 0 Å². The highest BCUT2D eigenvalue weighted by Crippen LogP contribution is 2.07. The van der Waals surface area contributed by atoms with E-state index in [1.165, 1.54) is 12.5 Å². The number of nitrogens with one attached hydrogen (secondary N) is 4. The van der Waals surface area contributed by atoms with E-state index in [9.17, 15) is 29.1 Å². The van der Waals surface area contributed by atoms with Gasteiger partial charge in [0.25, 0.3) is 0 Å². The van der Waals surface area contributed by atoms with Crippen LogP contribution in [-0.4, -0.2) is 81.3 Å². The maximum absolute atomic E-state index is 13.4. The first-order valence-corrected chi connectivity index (χ1v) is 13.2. The highest BCUT2D eigenvalue weighted by molar-refractivity contribution is 5.94. The van der Waals surface area contributed by atoms with Crippen molar-refractivity contribution in [1.82, 2.24) is 25.9 Å². The Labute approximate surface area is 242 Å². The lowest BCUT2D eigenvalue weighted by Crippen LogP contribution is -2.58. The number of hydrogen-bond donors (Lipinski definition) is 9. The SMILES string of the molecule is NC(=O)CCC(NC(=O)C(Cc1cnc[nH]1)NC(=O)C(N)Cc1ccccc1)C(=O)NC(CCCN=C(N)N)C(=O)O. The third-order valence-electron chi connectivity index (χ3n) is 6.12. The molecule has 2 rings (SSSR count). The predicted molar refractivity (Wildman–Crippen MR) is 152 cm³/mol. The number of rotatable bonds is 18. The molecule has 16 nitrogen and oxygen atoms in total. The van der Waals surface area contributed by atoms with Crippen LogP contribution in [0.25, 0.3) is 0 Å². The second kappa shape index (κ2) is 17.0. The lowest BCUT2D eigenvalue weighted by molar-refractivity contribution is -0.142. The molecule has 1 aromatic heterocycles. The molecule has 0 saturated heterocycles. The summed E-state index contributed by atoms with van der Waals surface area (Å²) in [6.07, 6.45) is 2.80. The molecule has 0 aliphatic rings. The number of carboxylic acids is 1. The van der Waals surface area contributed by atoms with Gasteiger partial charge in [0.15, 0.2) is 5.96 Å². The number of aromatic amines is 1. The van der Waals surface area contributed by atoms with Crippen LogP contribution in [0.4, 0.5) is 0 Å². The number of carbonyl (C=O) groups is 5. The fourth-order valence-corrected chi connectivity index (χ4v) is 3.93. The van der Waals surface area contributed by atoms with Gasteiger partial charge in [-0.25, -0.2) is 9.78 Å². The smallest absolute Gasteiger partial charge is 0.326 e. The van der Waals surface area contributed by atoms with Gasteiger partial charge in [-0.3, -0.25) is 24.2 Å². The van der Waals surface area contributed by atoms with Crippen LogP contribution in [0.15, 0.2) is 47.8 Å². The van der Waals surface area contributed by atoms with Crippen LogP contribution in [0.1, 0.15) is 36.9 Å². The van der Waals surface area contributed by atoms with Crippen molar-refractivity contribution in [3.8, 4) is 0 Å². The number of amides is 4. The molecule has 1 aromatic carbocycles. The van der Waals surface area contributed by atoms with Gasteiger partial charge in [0.2, 0.25) is 23.6 Å². The van der Waals surface area contributed by atoms with Gasteiger partial charge in [-0.15, -0.1) is 0 Å². The van der Waals surface area contributed by atoms with Gasteiger partial charge in [-0.1, -0.05) is 30.3 Å². The number of hydrogen-bond acceptors (Lipinski definition) is 8. The van der Waals surface area contributed by atoms with Gasteiger partial charge in [0, 0.05) is 31.3 Å². The van der Waals surface area contributed by atoms with E-state index >= 15 is 0 Å². The summed E-state index contributed by atoms with van der Waals surface area (Å²) in [5, 5.41) is 17.1. The van der Waals surface area contributed by atoms with E-state index in [0.29, 0.717) is 5.69 Å². The van der Waals surface area contributed by atoms with Crippen LogP contribution in [0.5, 0.6) is 0 Å². The van der Waals surface area contributed by atoms with Crippen LogP contribution in [0, 0.1) is 0 Å². The van der Waals surface area contributed by atoms with Gasteiger partial charge >= 0.3 is 5.97 Å². The molecule has 0 fully saturated rings. The zero-order valence-electron chi connectivity index (χ0n) is 23.0. The third kappa shape index (κ3) is 12.0. The molecule has 0 aliphatic carbocycles. The molecule has 0 spiro atoms. The Morgan fingerprint density at radius 2 is 1.52 bits per heavy atom. The van der Waals surface area contributed by atoms with Gasteiger partial charge in [-0.2, -0.15) is 0 Å². The molecule has 0 aliphatic heterocycles. The maximum Gasteiger partial charge on any atom is 0.326 e. The predicted octanol–water partition coefficient (Wildman–Crippen LogP) is -2.62. The average molecular weight is 587 g/mol. The van der Waals surface area contributed by atoms with Gasteiger partial charge in [-0.05, 0) is 31.2 Å². The van der Waals surface area contributed by atoms with Gasteiger partial charge in [0.1, 0.15) is 18.1 Å². The summed E-state index contributed by atoms with van der Waals surface area (Å²) in [5.74, 6) is -4.44. The number of carboxylic acid groups (broad SMARTS) is 1. The van der Waals surface area contributed by atoms with Crippen molar-refractivity contribution in [1.29, 1.82) is 0 Å². The zero-order chi connectivity index (χ0) is 31.1. The Morgan fingerprint density at radius 1 is 0.881 bits per heavy atom. The number of imidazole rings is 1. The summed E-state index contributed by atoms with van der Waals surface area (Å²) in [7, 11) is 0. The van der Waals surface area contributed by atoms with Crippen LogP contribution < -0.4 is 38.9 Å². The first-order valence-electron chi connectivity index (χ1n) is 13.2. The number of nitrogens with zero attached hydrogens (tertiary/aromatic N) is 2. The number of aromatic nitrogens is 2. The zero-order valence-corrected chi connectivity index (χ0v) is 23.0. The summed E-state index contributed by atoms with van der Waals surface area (Å²) < 4.78 is 0. The minimum absolute atomic E-state index is 0.00779. The summed E-state index contributed by atoms with van der Waals surface area (Å²) in [6, 6.07) is 4.24. The Kier molecular flexibility index (Phi) is 13.4. The molecule has 42 heavy (non-hydrogen) atoms. The van der Waals surface area contributed by atoms with Crippen LogP contribution in [-0.2, 0) is 36.8 Å². The van der Waals surface area contributed by atoms with E-state index in [0.717, 1.165) is 5.56 Å². The molecule has 4 amide bonds. The molecule has 228 valence electrons. The van der Waals surface area contributed by atoms with Crippen molar-refractivity contribution >= 4 is 35.6 Å². The van der Waals surface area contributed by atoms with E-state index in [1.807, 2.05) is 30.3 Å². The Balaban J connectivity index is 2.16. The summed E-state index contributed by atoms with van der Waals surface area (Å²) in [6.45, 7) is 0.144.